The molecule has 3 rings (SSSR count). The van der Waals surface area contributed by atoms with Gasteiger partial charge in [-0.2, -0.15) is 0 Å². The fourth-order valence-electron chi connectivity index (χ4n) is 4.00. The van der Waals surface area contributed by atoms with Crippen LogP contribution in [0.3, 0.4) is 0 Å². The number of nitrogens with zero attached hydrogens (tertiary/aromatic N) is 3. The second kappa shape index (κ2) is 14.1. The van der Waals surface area contributed by atoms with Crippen molar-refractivity contribution in [3.63, 3.8) is 0 Å². The van der Waals surface area contributed by atoms with E-state index in [4.69, 9.17) is 4.74 Å². The minimum atomic E-state index is -0.314. The Morgan fingerprint density at radius 2 is 1.92 bits per heavy atom. The molecule has 3 amide bonds. The van der Waals surface area contributed by atoms with Crippen LogP contribution in [0.2, 0.25) is 0 Å². The van der Waals surface area contributed by atoms with Gasteiger partial charge in [-0.05, 0) is 37.4 Å². The average molecular weight is 516 g/mol. The molecule has 1 saturated heterocycles. The minimum Gasteiger partial charge on any atom is -0.379 e. The molecule has 2 heterocycles. The van der Waals surface area contributed by atoms with Crippen molar-refractivity contribution in [3.8, 4) is 0 Å². The van der Waals surface area contributed by atoms with Crippen LogP contribution >= 0.6 is 11.3 Å². The van der Waals surface area contributed by atoms with E-state index < -0.39 is 0 Å². The summed E-state index contributed by atoms with van der Waals surface area (Å²) in [5.41, 5.74) is 2.08. The molecule has 0 bridgehead atoms. The number of thiazole rings is 1. The first-order valence-electron chi connectivity index (χ1n) is 12.5. The summed E-state index contributed by atoms with van der Waals surface area (Å²) in [7, 11) is 0. The molecule has 1 aliphatic heterocycles. The summed E-state index contributed by atoms with van der Waals surface area (Å²) in [4.78, 5) is 46.4. The van der Waals surface area contributed by atoms with Gasteiger partial charge >= 0.3 is 0 Å². The lowest BCUT2D eigenvalue weighted by molar-refractivity contribution is -0.120. The molecule has 1 aromatic carbocycles. The molecule has 0 atom stereocenters. The summed E-state index contributed by atoms with van der Waals surface area (Å²) in [5.74, 6) is -0.357. The lowest BCUT2D eigenvalue weighted by Gasteiger charge is -2.26. The van der Waals surface area contributed by atoms with E-state index in [0.717, 1.165) is 44.8 Å². The number of nitrogens with one attached hydrogen (secondary N) is 2. The predicted molar refractivity (Wildman–Crippen MR) is 141 cm³/mol. The van der Waals surface area contributed by atoms with Crippen molar-refractivity contribution in [1.82, 2.24) is 20.1 Å². The number of benzene rings is 1. The van der Waals surface area contributed by atoms with Crippen molar-refractivity contribution < 1.29 is 19.1 Å². The Kier molecular flexibility index (Phi) is 10.8. The molecule has 10 heteroatoms. The fraction of sp³-hybridized carbons (Fsp3) is 0.538. The normalized spacial score (nSPS) is 14.0. The number of aryl methyl sites for hydroxylation is 1. The number of hydrogen-bond acceptors (Lipinski definition) is 7. The first-order valence-corrected chi connectivity index (χ1v) is 13.4. The Morgan fingerprint density at radius 3 is 2.64 bits per heavy atom. The first-order chi connectivity index (χ1) is 17.3. The van der Waals surface area contributed by atoms with Gasteiger partial charge in [0.05, 0.1) is 25.3 Å². The van der Waals surface area contributed by atoms with Crippen LogP contribution in [0, 0.1) is 12.8 Å². The Morgan fingerprint density at radius 1 is 1.17 bits per heavy atom. The Hall–Kier alpha value is -2.82. The van der Waals surface area contributed by atoms with Gasteiger partial charge in [0.15, 0.2) is 5.13 Å². The van der Waals surface area contributed by atoms with Crippen molar-refractivity contribution in [2.45, 2.75) is 33.6 Å². The molecular weight excluding hydrogens is 478 g/mol. The van der Waals surface area contributed by atoms with Crippen molar-refractivity contribution >= 4 is 34.2 Å². The second-order valence-corrected chi connectivity index (χ2v) is 10.3. The molecule has 0 saturated carbocycles. The number of carbonyl (C=O) groups excluding carboxylic acids is 3. The summed E-state index contributed by atoms with van der Waals surface area (Å²) in [6.45, 7) is 11.3. The number of amides is 3. The molecule has 1 aromatic heterocycles. The van der Waals surface area contributed by atoms with Crippen LogP contribution in [0.1, 0.15) is 41.9 Å². The number of morpholine rings is 1. The highest BCUT2D eigenvalue weighted by molar-refractivity contribution is 7.13. The Labute approximate surface area is 217 Å². The molecule has 9 nitrogen and oxygen atoms in total. The van der Waals surface area contributed by atoms with Crippen molar-refractivity contribution in [2.24, 2.45) is 5.92 Å². The van der Waals surface area contributed by atoms with Gasteiger partial charge in [-0.3, -0.25) is 19.3 Å². The smallest absolute Gasteiger partial charge is 0.254 e. The zero-order valence-corrected chi connectivity index (χ0v) is 22.2. The molecule has 196 valence electrons. The molecule has 1 aliphatic rings. The number of hydrogen-bond donors (Lipinski definition) is 2. The molecule has 0 radical (unpaired) electrons. The van der Waals surface area contributed by atoms with Crippen LogP contribution in [-0.4, -0.2) is 85.0 Å². The highest BCUT2D eigenvalue weighted by Crippen LogP contribution is 2.17. The third-order valence-electron chi connectivity index (χ3n) is 5.80. The van der Waals surface area contributed by atoms with Crippen LogP contribution < -0.4 is 10.6 Å². The van der Waals surface area contributed by atoms with Crippen LogP contribution in [0.4, 0.5) is 5.13 Å². The topological polar surface area (TPSA) is 104 Å². The Bertz CT molecular complexity index is 1020. The van der Waals surface area contributed by atoms with E-state index in [1.165, 1.54) is 11.3 Å². The van der Waals surface area contributed by atoms with E-state index in [-0.39, 0.29) is 36.6 Å². The summed E-state index contributed by atoms with van der Waals surface area (Å²) >= 11 is 1.27. The molecule has 0 aliphatic carbocycles. The number of anilines is 1. The van der Waals surface area contributed by atoms with Gasteiger partial charge in [0.25, 0.3) is 5.91 Å². The van der Waals surface area contributed by atoms with Crippen LogP contribution in [0.25, 0.3) is 0 Å². The van der Waals surface area contributed by atoms with Crippen LogP contribution in [-0.2, 0) is 20.7 Å². The van der Waals surface area contributed by atoms with E-state index >= 15 is 0 Å². The van der Waals surface area contributed by atoms with Gasteiger partial charge in [0.1, 0.15) is 6.54 Å². The average Bonchev–Trinajstić information content (AvgIpc) is 3.28. The number of carbonyl (C=O) groups is 3. The van der Waals surface area contributed by atoms with Gasteiger partial charge in [0, 0.05) is 37.1 Å². The van der Waals surface area contributed by atoms with E-state index in [1.54, 1.807) is 16.3 Å². The maximum atomic E-state index is 13.1. The van der Waals surface area contributed by atoms with Gasteiger partial charge in [0.2, 0.25) is 11.8 Å². The molecule has 0 spiro atoms. The minimum absolute atomic E-state index is 0.0656. The molecular formula is C26H37N5O4S. The van der Waals surface area contributed by atoms with Gasteiger partial charge in [-0.1, -0.05) is 32.0 Å². The summed E-state index contributed by atoms with van der Waals surface area (Å²) in [6.07, 6.45) is 1.05. The van der Waals surface area contributed by atoms with Crippen LogP contribution in [0.5, 0.6) is 0 Å². The van der Waals surface area contributed by atoms with E-state index in [0.29, 0.717) is 29.5 Å². The molecule has 1 fully saturated rings. The molecule has 2 aromatic rings. The summed E-state index contributed by atoms with van der Waals surface area (Å²) in [6, 6.07) is 7.38. The molecule has 36 heavy (non-hydrogen) atoms. The maximum Gasteiger partial charge on any atom is 0.254 e. The number of aromatic nitrogens is 1. The number of rotatable bonds is 12. The van der Waals surface area contributed by atoms with Gasteiger partial charge < -0.3 is 20.3 Å². The number of ether oxygens (including phenoxy) is 1. The van der Waals surface area contributed by atoms with Crippen molar-refractivity contribution in [2.75, 3.05) is 57.8 Å². The van der Waals surface area contributed by atoms with Gasteiger partial charge in [-0.25, -0.2) is 4.98 Å². The fourth-order valence-corrected chi connectivity index (χ4v) is 4.73. The monoisotopic (exact) mass is 515 g/mol. The lowest BCUT2D eigenvalue weighted by atomic mass is 10.1. The van der Waals surface area contributed by atoms with Crippen molar-refractivity contribution in [3.05, 3.63) is 46.5 Å². The zero-order chi connectivity index (χ0) is 25.9. The van der Waals surface area contributed by atoms with Crippen molar-refractivity contribution in [1.29, 1.82) is 0 Å². The predicted octanol–water partition coefficient (Wildman–Crippen LogP) is 2.57. The van der Waals surface area contributed by atoms with E-state index in [1.807, 2.05) is 39.0 Å². The van der Waals surface area contributed by atoms with E-state index in [9.17, 15) is 14.4 Å². The summed E-state index contributed by atoms with van der Waals surface area (Å²) in [5, 5.41) is 7.90. The van der Waals surface area contributed by atoms with E-state index in [2.05, 4.69) is 20.5 Å². The SMILES string of the molecule is Cc1ccccc1C(=O)N(CC(=O)Nc1nc(CC(=O)NCCCN2CCOCC2)cs1)CC(C)C. The third-order valence-corrected chi connectivity index (χ3v) is 6.61. The lowest BCUT2D eigenvalue weighted by Crippen LogP contribution is -2.40. The van der Waals surface area contributed by atoms with Gasteiger partial charge in [-0.15, -0.1) is 11.3 Å². The summed E-state index contributed by atoms with van der Waals surface area (Å²) < 4.78 is 5.34. The first kappa shape index (κ1) is 27.8. The molecule has 2 N–H and O–H groups in total. The quantitative estimate of drug-likeness (QED) is 0.421. The van der Waals surface area contributed by atoms with Crippen LogP contribution in [0.15, 0.2) is 29.6 Å². The maximum absolute atomic E-state index is 13.1. The Balaban J connectivity index is 1.45. The molecule has 0 unspecified atom stereocenters. The highest BCUT2D eigenvalue weighted by atomic mass is 32.1. The second-order valence-electron chi connectivity index (χ2n) is 9.42. The largest absolute Gasteiger partial charge is 0.379 e. The standard InChI is InChI=1S/C26H37N5O4S/c1-19(2)16-31(25(34)22-8-5-4-7-20(22)3)17-24(33)29-26-28-21(18-36-26)15-23(32)27-9-6-10-30-11-13-35-14-12-30/h4-5,7-8,18-19H,6,9-17H2,1-3H3,(H,27,32)(H,28,29,33). The highest BCUT2D eigenvalue weighted by Gasteiger charge is 2.22. The zero-order valence-electron chi connectivity index (χ0n) is 21.4. The third kappa shape index (κ3) is 9.00.